The van der Waals surface area contributed by atoms with Crippen LogP contribution in [-0.4, -0.2) is 11.1 Å². The molecule has 5 heteroatoms. The van der Waals surface area contributed by atoms with E-state index in [1.807, 2.05) is 60.8 Å². The summed E-state index contributed by atoms with van der Waals surface area (Å²) < 4.78 is 5.28. The van der Waals surface area contributed by atoms with Crippen molar-refractivity contribution in [3.63, 3.8) is 0 Å². The van der Waals surface area contributed by atoms with Crippen LogP contribution in [0.25, 0.3) is 10.6 Å². The number of amides is 1. The van der Waals surface area contributed by atoms with Crippen LogP contribution in [0.3, 0.4) is 0 Å². The highest BCUT2D eigenvalue weighted by Crippen LogP contribution is 2.25. The Morgan fingerprint density at radius 3 is 2.82 bits per heavy atom. The third-order valence-corrected chi connectivity index (χ3v) is 4.23. The molecule has 4 nitrogen and oxygen atoms in total. The smallest absolute Gasteiger partial charge is 0.226 e. The molecule has 0 fully saturated rings. The summed E-state index contributed by atoms with van der Waals surface area (Å²) in [5, 5.41) is 8.91. The van der Waals surface area contributed by atoms with Crippen LogP contribution in [0, 0.1) is 0 Å². The van der Waals surface area contributed by atoms with E-state index in [0.717, 1.165) is 10.4 Å². The van der Waals surface area contributed by atoms with Crippen LogP contribution in [0.5, 0.6) is 0 Å². The van der Waals surface area contributed by atoms with Gasteiger partial charge in [-0.2, -0.15) is 0 Å². The minimum absolute atomic E-state index is 0.0302. The van der Waals surface area contributed by atoms with Crippen LogP contribution in [0.4, 0.5) is 0 Å². The summed E-state index contributed by atoms with van der Waals surface area (Å²) in [5.41, 5.74) is 1.72. The number of hydrogen-bond donors (Lipinski definition) is 1. The molecule has 1 atom stereocenters. The Balaban J connectivity index is 1.60. The van der Waals surface area contributed by atoms with Crippen molar-refractivity contribution in [1.29, 1.82) is 0 Å². The van der Waals surface area contributed by atoms with Crippen molar-refractivity contribution < 1.29 is 9.32 Å². The van der Waals surface area contributed by atoms with Gasteiger partial charge in [0.1, 0.15) is 0 Å². The lowest BCUT2D eigenvalue weighted by Crippen LogP contribution is -2.28. The molecule has 1 unspecified atom stereocenters. The summed E-state index contributed by atoms with van der Waals surface area (Å²) in [5.74, 6) is 0.635. The lowest BCUT2D eigenvalue weighted by atomic mass is 10.1. The molecular weight excluding hydrogens is 296 g/mol. The Morgan fingerprint density at radius 2 is 2.09 bits per heavy atom. The fourth-order valence-electron chi connectivity index (χ4n) is 2.21. The largest absolute Gasteiger partial charge is 0.355 e. The highest BCUT2D eigenvalue weighted by Gasteiger charge is 2.13. The predicted molar refractivity (Wildman–Crippen MR) is 86.5 cm³/mol. The predicted octanol–water partition coefficient (Wildman–Crippen LogP) is 3.82. The first-order chi connectivity index (χ1) is 10.7. The SMILES string of the molecule is CC(NC(=O)Cc1cc(-c2cccs2)on1)c1ccccc1. The normalized spacial score (nSPS) is 12.0. The molecule has 22 heavy (non-hydrogen) atoms. The van der Waals surface area contributed by atoms with Gasteiger partial charge in [-0.05, 0) is 23.9 Å². The number of hydrogen-bond acceptors (Lipinski definition) is 4. The first-order valence-corrected chi connectivity index (χ1v) is 7.94. The number of carbonyl (C=O) groups is 1. The van der Waals surface area contributed by atoms with Gasteiger partial charge in [0.25, 0.3) is 0 Å². The van der Waals surface area contributed by atoms with Gasteiger partial charge in [0.05, 0.1) is 23.0 Å². The number of benzene rings is 1. The molecule has 0 aliphatic heterocycles. The molecule has 0 aliphatic rings. The van der Waals surface area contributed by atoms with Crippen molar-refractivity contribution in [1.82, 2.24) is 10.5 Å². The molecular formula is C17H16N2O2S. The van der Waals surface area contributed by atoms with Crippen LogP contribution < -0.4 is 5.32 Å². The zero-order valence-corrected chi connectivity index (χ0v) is 13.0. The number of thiophene rings is 1. The molecule has 1 aromatic carbocycles. The van der Waals surface area contributed by atoms with Gasteiger partial charge in [-0.15, -0.1) is 11.3 Å². The number of nitrogens with one attached hydrogen (secondary N) is 1. The maximum atomic E-state index is 12.1. The van der Waals surface area contributed by atoms with Crippen LogP contribution in [0.1, 0.15) is 24.2 Å². The van der Waals surface area contributed by atoms with Gasteiger partial charge in [0.2, 0.25) is 5.91 Å². The zero-order valence-electron chi connectivity index (χ0n) is 12.2. The maximum absolute atomic E-state index is 12.1. The van der Waals surface area contributed by atoms with Crippen molar-refractivity contribution in [3.8, 4) is 10.6 Å². The zero-order chi connectivity index (χ0) is 15.4. The summed E-state index contributed by atoms with van der Waals surface area (Å²) in [6.07, 6.45) is 0.214. The first-order valence-electron chi connectivity index (χ1n) is 7.06. The summed E-state index contributed by atoms with van der Waals surface area (Å²) in [7, 11) is 0. The number of carbonyl (C=O) groups excluding carboxylic acids is 1. The second-order valence-electron chi connectivity index (χ2n) is 5.04. The van der Waals surface area contributed by atoms with Gasteiger partial charge in [0, 0.05) is 6.07 Å². The van der Waals surface area contributed by atoms with Gasteiger partial charge in [-0.1, -0.05) is 41.6 Å². The average Bonchev–Trinajstić information content (AvgIpc) is 3.19. The second-order valence-corrected chi connectivity index (χ2v) is 5.98. The molecule has 2 heterocycles. The number of nitrogens with zero attached hydrogens (tertiary/aromatic N) is 1. The summed E-state index contributed by atoms with van der Waals surface area (Å²) in [4.78, 5) is 13.1. The third kappa shape index (κ3) is 3.43. The molecule has 0 aliphatic carbocycles. The van der Waals surface area contributed by atoms with E-state index in [-0.39, 0.29) is 18.4 Å². The minimum Gasteiger partial charge on any atom is -0.355 e. The number of aromatic nitrogens is 1. The van der Waals surface area contributed by atoms with E-state index in [2.05, 4.69) is 10.5 Å². The molecule has 0 spiro atoms. The van der Waals surface area contributed by atoms with E-state index in [1.54, 1.807) is 11.3 Å². The van der Waals surface area contributed by atoms with Crippen molar-refractivity contribution in [2.75, 3.05) is 0 Å². The fourth-order valence-corrected chi connectivity index (χ4v) is 2.89. The summed E-state index contributed by atoms with van der Waals surface area (Å²) >= 11 is 1.58. The Bertz CT molecular complexity index is 735. The molecule has 3 aromatic rings. The lowest BCUT2D eigenvalue weighted by Gasteiger charge is -2.13. The van der Waals surface area contributed by atoms with E-state index >= 15 is 0 Å². The van der Waals surface area contributed by atoms with Crippen LogP contribution >= 0.6 is 11.3 Å². The standard InChI is InChI=1S/C17H16N2O2S/c1-12(13-6-3-2-4-7-13)18-17(20)11-14-10-15(21-19-14)16-8-5-9-22-16/h2-10,12H,11H2,1H3,(H,18,20). The molecule has 0 radical (unpaired) electrons. The van der Waals surface area contributed by atoms with Gasteiger partial charge < -0.3 is 9.84 Å². The molecule has 0 saturated carbocycles. The highest BCUT2D eigenvalue weighted by atomic mass is 32.1. The Hall–Kier alpha value is -2.40. The molecule has 3 rings (SSSR count). The molecule has 1 N–H and O–H groups in total. The maximum Gasteiger partial charge on any atom is 0.226 e. The summed E-state index contributed by atoms with van der Waals surface area (Å²) in [6.45, 7) is 1.97. The van der Waals surface area contributed by atoms with Gasteiger partial charge in [0.15, 0.2) is 5.76 Å². The third-order valence-electron chi connectivity index (χ3n) is 3.34. The van der Waals surface area contributed by atoms with Crippen LogP contribution in [0.15, 0.2) is 58.4 Å². The van der Waals surface area contributed by atoms with Gasteiger partial charge in [-0.3, -0.25) is 4.79 Å². The van der Waals surface area contributed by atoms with Crippen LogP contribution in [-0.2, 0) is 11.2 Å². The second kappa shape index (κ2) is 6.58. The topological polar surface area (TPSA) is 55.1 Å². The molecule has 0 saturated heterocycles. The van der Waals surface area contributed by atoms with Crippen molar-refractivity contribution in [2.45, 2.75) is 19.4 Å². The molecule has 1 amide bonds. The van der Waals surface area contributed by atoms with Gasteiger partial charge >= 0.3 is 0 Å². The van der Waals surface area contributed by atoms with E-state index in [9.17, 15) is 4.79 Å². The van der Waals surface area contributed by atoms with Crippen LogP contribution in [0.2, 0.25) is 0 Å². The Morgan fingerprint density at radius 1 is 1.27 bits per heavy atom. The highest BCUT2D eigenvalue weighted by molar-refractivity contribution is 7.13. The van der Waals surface area contributed by atoms with Gasteiger partial charge in [-0.25, -0.2) is 0 Å². The quantitative estimate of drug-likeness (QED) is 0.779. The Kier molecular flexibility index (Phi) is 4.34. The molecule has 0 bridgehead atoms. The average molecular weight is 312 g/mol. The van der Waals surface area contributed by atoms with E-state index < -0.39 is 0 Å². The molecule has 2 aromatic heterocycles. The first kappa shape index (κ1) is 14.5. The van der Waals surface area contributed by atoms with Crippen molar-refractivity contribution >= 4 is 17.2 Å². The lowest BCUT2D eigenvalue weighted by molar-refractivity contribution is -0.121. The van der Waals surface area contributed by atoms with Crippen molar-refractivity contribution in [3.05, 3.63) is 65.2 Å². The van der Waals surface area contributed by atoms with E-state index in [4.69, 9.17) is 4.52 Å². The summed E-state index contributed by atoms with van der Waals surface area (Å²) in [6, 6.07) is 15.6. The number of rotatable bonds is 5. The Labute approximate surface area is 132 Å². The monoisotopic (exact) mass is 312 g/mol. The fraction of sp³-hybridized carbons (Fsp3) is 0.176. The molecule has 112 valence electrons. The van der Waals surface area contributed by atoms with E-state index in [1.165, 1.54) is 0 Å². The minimum atomic E-state index is -0.0672. The van der Waals surface area contributed by atoms with E-state index in [0.29, 0.717) is 11.5 Å². The van der Waals surface area contributed by atoms with Crippen molar-refractivity contribution in [2.24, 2.45) is 0 Å².